The average molecular weight is 459 g/mol. The van der Waals surface area contributed by atoms with Crippen molar-refractivity contribution in [2.45, 2.75) is 40.0 Å². The molecule has 2 heterocycles. The van der Waals surface area contributed by atoms with Gasteiger partial charge in [-0.15, -0.1) is 0 Å². The molecule has 0 spiro atoms. The minimum atomic E-state index is -0.273. The van der Waals surface area contributed by atoms with Crippen LogP contribution in [-0.4, -0.2) is 35.1 Å². The molecule has 7 nitrogen and oxygen atoms in total. The van der Waals surface area contributed by atoms with Crippen LogP contribution >= 0.6 is 0 Å². The van der Waals surface area contributed by atoms with Crippen molar-refractivity contribution in [3.05, 3.63) is 83.3 Å². The third kappa shape index (κ3) is 6.63. The molecule has 2 aromatic heterocycles. The minimum Gasteiger partial charge on any atom is -0.439 e. The van der Waals surface area contributed by atoms with Crippen molar-refractivity contribution in [3.63, 3.8) is 0 Å². The number of fused-ring (bicyclic) bond motifs is 1. The van der Waals surface area contributed by atoms with E-state index < -0.39 is 0 Å². The summed E-state index contributed by atoms with van der Waals surface area (Å²) in [5.74, 6) is 1.23. The van der Waals surface area contributed by atoms with Crippen LogP contribution in [0.1, 0.15) is 49.3 Å². The Bertz CT molecular complexity index is 1160. The van der Waals surface area contributed by atoms with Crippen molar-refractivity contribution in [2.24, 2.45) is 15.7 Å². The molecule has 0 saturated heterocycles. The molecule has 7 heteroatoms. The molecule has 3 aromatic rings. The summed E-state index contributed by atoms with van der Waals surface area (Å²) < 4.78 is 5.76. The third-order valence-corrected chi connectivity index (χ3v) is 5.31. The smallest absolute Gasteiger partial charge is 0.219 e. The first-order valence-electron chi connectivity index (χ1n) is 11.5. The third-order valence-electron chi connectivity index (χ3n) is 5.31. The van der Waals surface area contributed by atoms with E-state index in [9.17, 15) is 0 Å². The van der Waals surface area contributed by atoms with Gasteiger partial charge in [0.05, 0.1) is 17.6 Å². The normalized spacial score (nSPS) is 14.7. The Morgan fingerprint density at radius 2 is 1.74 bits per heavy atom. The number of hydrogen-bond donors (Lipinski definition) is 0. The van der Waals surface area contributed by atoms with Gasteiger partial charge in [-0.3, -0.25) is 4.98 Å². The minimum absolute atomic E-state index is 0.273. The Morgan fingerprint density at radius 3 is 2.59 bits per heavy atom. The van der Waals surface area contributed by atoms with Crippen molar-refractivity contribution < 1.29 is 14.4 Å². The van der Waals surface area contributed by atoms with E-state index in [0.717, 1.165) is 42.1 Å². The van der Waals surface area contributed by atoms with E-state index in [-0.39, 0.29) is 5.41 Å². The number of para-hydroxylation sites is 1. The Morgan fingerprint density at radius 1 is 0.912 bits per heavy atom. The van der Waals surface area contributed by atoms with Gasteiger partial charge in [-0.1, -0.05) is 54.5 Å². The maximum absolute atomic E-state index is 5.76. The number of ether oxygens (including phenoxy) is 1. The van der Waals surface area contributed by atoms with E-state index >= 15 is 0 Å². The topological polar surface area (TPSA) is 78.2 Å². The van der Waals surface area contributed by atoms with Gasteiger partial charge in [0.2, 0.25) is 5.88 Å². The number of benzene rings is 1. The summed E-state index contributed by atoms with van der Waals surface area (Å²) in [5, 5.41) is 8.47. The molecule has 176 valence electrons. The van der Waals surface area contributed by atoms with Crippen LogP contribution < -0.4 is 4.74 Å². The Balaban J connectivity index is 1.27. The molecule has 0 N–H and O–H groups in total. The predicted molar refractivity (Wildman–Crippen MR) is 132 cm³/mol. The molecule has 4 rings (SSSR count). The first-order chi connectivity index (χ1) is 16.5. The lowest BCUT2D eigenvalue weighted by molar-refractivity contribution is 0.000295. The summed E-state index contributed by atoms with van der Waals surface area (Å²) in [6.07, 6.45) is 4.55. The number of oxime groups is 2. The molecule has 34 heavy (non-hydrogen) atoms. The zero-order valence-corrected chi connectivity index (χ0v) is 19.9. The van der Waals surface area contributed by atoms with Crippen LogP contribution in [0.15, 0.2) is 71.0 Å². The maximum atomic E-state index is 5.76. The first-order valence-corrected chi connectivity index (χ1v) is 11.5. The highest BCUT2D eigenvalue weighted by Crippen LogP contribution is 2.22. The first kappa shape index (κ1) is 23.4. The van der Waals surface area contributed by atoms with Gasteiger partial charge in [0.25, 0.3) is 0 Å². The van der Waals surface area contributed by atoms with Gasteiger partial charge in [0.15, 0.2) is 0 Å². The van der Waals surface area contributed by atoms with E-state index in [0.29, 0.717) is 24.8 Å². The van der Waals surface area contributed by atoms with Crippen molar-refractivity contribution in [1.29, 1.82) is 0 Å². The van der Waals surface area contributed by atoms with E-state index in [1.54, 1.807) is 12.3 Å². The number of aromatic nitrogens is 2. The van der Waals surface area contributed by atoms with Crippen LogP contribution in [0.2, 0.25) is 0 Å². The molecule has 1 aliphatic carbocycles. The monoisotopic (exact) mass is 458 g/mol. The number of nitrogens with zero attached hydrogens (tertiary/aromatic N) is 4. The number of rotatable bonds is 9. The quantitative estimate of drug-likeness (QED) is 0.303. The van der Waals surface area contributed by atoms with Crippen LogP contribution in [0.4, 0.5) is 0 Å². The lowest BCUT2D eigenvalue weighted by atomic mass is 9.94. The van der Waals surface area contributed by atoms with Gasteiger partial charge >= 0.3 is 0 Å². The van der Waals surface area contributed by atoms with E-state index in [2.05, 4.69) is 26.3 Å². The Labute approximate surface area is 200 Å². The maximum Gasteiger partial charge on any atom is 0.219 e. The van der Waals surface area contributed by atoms with Crippen molar-refractivity contribution in [3.8, 4) is 11.6 Å². The molecule has 0 fully saturated rings. The molecule has 0 amide bonds. The highest BCUT2D eigenvalue weighted by molar-refractivity contribution is 6.00. The second-order valence-corrected chi connectivity index (χ2v) is 9.11. The molecule has 0 saturated carbocycles. The van der Waals surface area contributed by atoms with Crippen LogP contribution in [0.25, 0.3) is 0 Å². The van der Waals surface area contributed by atoms with Gasteiger partial charge in [0.1, 0.15) is 24.7 Å². The van der Waals surface area contributed by atoms with Gasteiger partial charge in [-0.25, -0.2) is 4.98 Å². The molecule has 1 aliphatic rings. The standard InChI is InChI=1S/C27H30N4O3/c1-20-15-16-21-9-7-13-24(26(21)29-20)31-33-19-27(2,3)18-32-28-17-22-10-8-14-25(30-22)34-23-11-5-4-6-12-23/h4-6,8,10-12,14-17H,7,9,13,18-19H2,1-3H3. The fourth-order valence-corrected chi connectivity index (χ4v) is 3.49. The summed E-state index contributed by atoms with van der Waals surface area (Å²) in [6.45, 7) is 6.88. The lowest BCUT2D eigenvalue weighted by Crippen LogP contribution is -2.24. The van der Waals surface area contributed by atoms with Gasteiger partial charge in [-0.2, -0.15) is 0 Å². The van der Waals surface area contributed by atoms with Gasteiger partial charge in [-0.05, 0) is 56.0 Å². The fourth-order valence-electron chi connectivity index (χ4n) is 3.49. The molecule has 0 aliphatic heterocycles. The summed E-state index contributed by atoms with van der Waals surface area (Å²) in [6, 6.07) is 19.2. The summed E-state index contributed by atoms with van der Waals surface area (Å²) in [7, 11) is 0. The summed E-state index contributed by atoms with van der Waals surface area (Å²) >= 11 is 0. The number of pyridine rings is 2. The number of hydrogen-bond acceptors (Lipinski definition) is 7. The molecule has 0 bridgehead atoms. The van der Waals surface area contributed by atoms with E-state index in [4.69, 9.17) is 14.4 Å². The van der Waals surface area contributed by atoms with E-state index in [1.165, 1.54) is 5.56 Å². The molecule has 0 unspecified atom stereocenters. The summed E-state index contributed by atoms with van der Waals surface area (Å²) in [4.78, 5) is 20.3. The zero-order chi connectivity index (χ0) is 23.8. The van der Waals surface area contributed by atoms with Crippen LogP contribution in [0, 0.1) is 12.3 Å². The summed E-state index contributed by atoms with van der Waals surface area (Å²) in [5.41, 5.74) is 4.49. The Kier molecular flexibility index (Phi) is 7.52. The van der Waals surface area contributed by atoms with E-state index in [1.807, 2.05) is 69.3 Å². The molecular weight excluding hydrogens is 428 g/mol. The van der Waals surface area contributed by atoms with Gasteiger partial charge in [0, 0.05) is 17.2 Å². The number of aryl methyl sites for hydroxylation is 2. The van der Waals surface area contributed by atoms with Crippen molar-refractivity contribution in [1.82, 2.24) is 9.97 Å². The van der Waals surface area contributed by atoms with Crippen LogP contribution in [0.3, 0.4) is 0 Å². The molecule has 0 radical (unpaired) electrons. The van der Waals surface area contributed by atoms with Gasteiger partial charge < -0.3 is 14.4 Å². The van der Waals surface area contributed by atoms with Crippen LogP contribution in [-0.2, 0) is 16.1 Å². The average Bonchev–Trinajstić information content (AvgIpc) is 2.83. The molecular formula is C27H30N4O3. The predicted octanol–water partition coefficient (Wildman–Crippen LogP) is 5.71. The van der Waals surface area contributed by atoms with Crippen molar-refractivity contribution in [2.75, 3.05) is 13.2 Å². The SMILES string of the molecule is Cc1ccc2c(n1)C(=NOCC(C)(C)CON=Cc1cccc(Oc3ccccc3)n1)CCC2. The second-order valence-electron chi connectivity index (χ2n) is 9.11. The second kappa shape index (κ2) is 10.9. The molecule has 0 atom stereocenters. The van der Waals surface area contributed by atoms with Crippen LogP contribution in [0.5, 0.6) is 11.6 Å². The zero-order valence-electron chi connectivity index (χ0n) is 19.9. The lowest BCUT2D eigenvalue weighted by Gasteiger charge is -2.22. The largest absolute Gasteiger partial charge is 0.439 e. The highest BCUT2D eigenvalue weighted by atomic mass is 16.6. The Hall–Kier alpha value is -3.74. The molecule has 1 aromatic carbocycles. The highest BCUT2D eigenvalue weighted by Gasteiger charge is 2.22. The van der Waals surface area contributed by atoms with Crippen molar-refractivity contribution >= 4 is 11.9 Å². The fraction of sp³-hybridized carbons (Fsp3) is 0.333.